The molecule has 4 aromatic rings. The number of aromatic nitrogens is 6. The van der Waals surface area contributed by atoms with Crippen molar-refractivity contribution in [2.24, 2.45) is 0 Å². The molecule has 1 aromatic carbocycles. The molecule has 8 nitrogen and oxygen atoms in total. The molecular formula is C19H17FN8. The topological polar surface area (TPSA) is 75.3 Å². The molecule has 5 rings (SSSR count). The van der Waals surface area contributed by atoms with Gasteiger partial charge in [0.25, 0.3) is 0 Å². The maximum absolute atomic E-state index is 15.1. The number of benzene rings is 1. The van der Waals surface area contributed by atoms with Crippen molar-refractivity contribution in [2.45, 2.75) is 0 Å². The number of piperazine rings is 1. The SMILES string of the molecule is Fc1c(-c2ccccc2)ncnc1N1CCN(c2nccn3cnnc23)CC1. The molecule has 0 spiro atoms. The van der Waals surface area contributed by atoms with Gasteiger partial charge in [0.2, 0.25) is 5.65 Å². The van der Waals surface area contributed by atoms with Crippen LogP contribution in [0.15, 0.2) is 55.4 Å². The highest BCUT2D eigenvalue weighted by molar-refractivity contribution is 5.65. The molecule has 4 heterocycles. The lowest BCUT2D eigenvalue weighted by Gasteiger charge is -2.36. The molecule has 0 N–H and O–H groups in total. The van der Waals surface area contributed by atoms with E-state index >= 15 is 4.39 Å². The van der Waals surface area contributed by atoms with Crippen LogP contribution in [0.2, 0.25) is 0 Å². The van der Waals surface area contributed by atoms with Crippen LogP contribution in [0.25, 0.3) is 16.9 Å². The van der Waals surface area contributed by atoms with Crippen LogP contribution in [0.5, 0.6) is 0 Å². The molecule has 0 aliphatic carbocycles. The monoisotopic (exact) mass is 376 g/mol. The van der Waals surface area contributed by atoms with Crippen LogP contribution in [0, 0.1) is 5.82 Å². The number of hydrogen-bond acceptors (Lipinski definition) is 7. The zero-order valence-electron chi connectivity index (χ0n) is 15.0. The van der Waals surface area contributed by atoms with Gasteiger partial charge < -0.3 is 9.80 Å². The number of nitrogens with zero attached hydrogens (tertiary/aromatic N) is 8. The Morgan fingerprint density at radius 1 is 0.857 bits per heavy atom. The fourth-order valence-corrected chi connectivity index (χ4v) is 3.48. The molecule has 0 atom stereocenters. The van der Waals surface area contributed by atoms with E-state index in [1.165, 1.54) is 6.33 Å². The minimum Gasteiger partial charge on any atom is -0.351 e. The van der Waals surface area contributed by atoms with E-state index in [1.54, 1.807) is 12.5 Å². The van der Waals surface area contributed by atoms with Crippen molar-refractivity contribution in [3.8, 4) is 11.3 Å². The maximum atomic E-state index is 15.1. The molecule has 0 radical (unpaired) electrons. The third-order valence-corrected chi connectivity index (χ3v) is 4.89. The van der Waals surface area contributed by atoms with Gasteiger partial charge in [0.1, 0.15) is 18.3 Å². The Hall–Kier alpha value is -3.62. The summed E-state index contributed by atoms with van der Waals surface area (Å²) in [5.41, 5.74) is 1.78. The molecule has 0 amide bonds. The van der Waals surface area contributed by atoms with Gasteiger partial charge in [-0.1, -0.05) is 30.3 Å². The van der Waals surface area contributed by atoms with E-state index in [4.69, 9.17) is 0 Å². The van der Waals surface area contributed by atoms with Gasteiger partial charge in [-0.15, -0.1) is 10.2 Å². The van der Waals surface area contributed by atoms with Crippen LogP contribution >= 0.6 is 0 Å². The average molecular weight is 376 g/mol. The first-order valence-corrected chi connectivity index (χ1v) is 9.01. The van der Waals surface area contributed by atoms with Gasteiger partial charge >= 0.3 is 0 Å². The standard InChI is InChI=1S/C19H17FN8/c20-15-16(14-4-2-1-3-5-14)22-12-23-17(15)26-8-10-27(11-9-26)18-19-25-24-13-28(19)7-6-21-18/h1-7,12-13H,8-11H2. The third kappa shape index (κ3) is 2.81. The van der Waals surface area contributed by atoms with Crippen molar-refractivity contribution in [3.63, 3.8) is 0 Å². The lowest BCUT2D eigenvalue weighted by Crippen LogP contribution is -2.47. The van der Waals surface area contributed by atoms with Crippen LogP contribution in [0.4, 0.5) is 16.0 Å². The second-order valence-corrected chi connectivity index (χ2v) is 6.51. The lowest BCUT2D eigenvalue weighted by molar-refractivity contribution is 0.584. The van der Waals surface area contributed by atoms with Gasteiger partial charge in [0.05, 0.1) is 0 Å². The summed E-state index contributed by atoms with van der Waals surface area (Å²) in [6.45, 7) is 2.62. The molecule has 0 saturated carbocycles. The summed E-state index contributed by atoms with van der Waals surface area (Å²) in [5, 5.41) is 8.08. The number of fused-ring (bicyclic) bond motifs is 1. The molecule has 0 unspecified atom stereocenters. The lowest BCUT2D eigenvalue weighted by atomic mass is 10.1. The van der Waals surface area contributed by atoms with Crippen molar-refractivity contribution in [1.29, 1.82) is 0 Å². The molecule has 1 aliphatic rings. The van der Waals surface area contributed by atoms with Crippen LogP contribution in [0.3, 0.4) is 0 Å². The van der Waals surface area contributed by atoms with Crippen molar-refractivity contribution < 1.29 is 4.39 Å². The summed E-state index contributed by atoms with van der Waals surface area (Å²) in [4.78, 5) is 16.9. The van der Waals surface area contributed by atoms with Gasteiger partial charge in [-0.2, -0.15) is 0 Å². The Labute approximate surface area is 160 Å². The summed E-state index contributed by atoms with van der Waals surface area (Å²) in [7, 11) is 0. The van der Waals surface area contributed by atoms with Crippen LogP contribution in [-0.4, -0.2) is 55.7 Å². The Morgan fingerprint density at radius 3 is 2.39 bits per heavy atom. The average Bonchev–Trinajstić information content (AvgIpc) is 3.24. The largest absolute Gasteiger partial charge is 0.351 e. The number of hydrogen-bond donors (Lipinski definition) is 0. The van der Waals surface area contributed by atoms with Crippen molar-refractivity contribution in [2.75, 3.05) is 36.0 Å². The zero-order chi connectivity index (χ0) is 18.9. The summed E-state index contributed by atoms with van der Waals surface area (Å²) in [6.07, 6.45) is 6.62. The summed E-state index contributed by atoms with van der Waals surface area (Å²) in [6, 6.07) is 9.32. The highest BCUT2D eigenvalue weighted by Gasteiger charge is 2.25. The minimum absolute atomic E-state index is 0.322. The Kier molecular flexibility index (Phi) is 4.04. The van der Waals surface area contributed by atoms with E-state index < -0.39 is 0 Å². The predicted molar refractivity (Wildman–Crippen MR) is 103 cm³/mol. The number of rotatable bonds is 3. The first-order chi connectivity index (χ1) is 13.8. The number of halogens is 1. The van der Waals surface area contributed by atoms with Crippen LogP contribution < -0.4 is 9.80 Å². The van der Waals surface area contributed by atoms with E-state index in [1.807, 2.05) is 45.8 Å². The molecule has 1 fully saturated rings. The van der Waals surface area contributed by atoms with E-state index in [0.717, 1.165) is 17.0 Å². The Morgan fingerprint density at radius 2 is 1.61 bits per heavy atom. The first-order valence-electron chi connectivity index (χ1n) is 9.01. The highest BCUT2D eigenvalue weighted by atomic mass is 19.1. The molecule has 28 heavy (non-hydrogen) atoms. The fourth-order valence-electron chi connectivity index (χ4n) is 3.48. The normalized spacial score (nSPS) is 14.6. The minimum atomic E-state index is -0.389. The smallest absolute Gasteiger partial charge is 0.203 e. The van der Waals surface area contributed by atoms with Gasteiger partial charge in [0.15, 0.2) is 17.5 Å². The van der Waals surface area contributed by atoms with Gasteiger partial charge in [-0.25, -0.2) is 19.3 Å². The van der Waals surface area contributed by atoms with Crippen molar-refractivity contribution in [1.82, 2.24) is 29.5 Å². The maximum Gasteiger partial charge on any atom is 0.203 e. The molecule has 1 saturated heterocycles. The van der Waals surface area contributed by atoms with Gasteiger partial charge in [-0.05, 0) is 0 Å². The van der Waals surface area contributed by atoms with E-state index in [0.29, 0.717) is 37.7 Å². The summed E-state index contributed by atoms with van der Waals surface area (Å²) < 4.78 is 17.0. The molecular weight excluding hydrogens is 359 g/mol. The van der Waals surface area contributed by atoms with Crippen molar-refractivity contribution in [3.05, 3.63) is 61.2 Å². The van der Waals surface area contributed by atoms with Crippen molar-refractivity contribution >= 4 is 17.3 Å². The Bertz CT molecular complexity index is 1110. The Balaban J connectivity index is 1.38. The third-order valence-electron chi connectivity index (χ3n) is 4.89. The quantitative estimate of drug-likeness (QED) is 0.542. The molecule has 9 heteroatoms. The zero-order valence-corrected chi connectivity index (χ0v) is 15.0. The van der Waals surface area contributed by atoms with Gasteiger partial charge in [-0.3, -0.25) is 4.40 Å². The highest BCUT2D eigenvalue weighted by Crippen LogP contribution is 2.27. The van der Waals surface area contributed by atoms with E-state index in [9.17, 15) is 0 Å². The summed E-state index contributed by atoms with van der Waals surface area (Å²) in [5.74, 6) is 0.731. The first kappa shape index (κ1) is 16.5. The van der Waals surface area contributed by atoms with Gasteiger partial charge in [0, 0.05) is 44.1 Å². The van der Waals surface area contributed by atoms with Crippen LogP contribution in [0.1, 0.15) is 0 Å². The fraction of sp³-hybridized carbons (Fsp3) is 0.211. The predicted octanol–water partition coefficient (Wildman–Crippen LogP) is 2.05. The second kappa shape index (κ2) is 6.84. The number of anilines is 2. The molecule has 140 valence electrons. The van der Waals surface area contributed by atoms with Crippen LogP contribution in [-0.2, 0) is 0 Å². The molecule has 3 aromatic heterocycles. The molecule has 0 bridgehead atoms. The van der Waals surface area contributed by atoms with E-state index in [-0.39, 0.29) is 5.82 Å². The summed E-state index contributed by atoms with van der Waals surface area (Å²) >= 11 is 0. The second-order valence-electron chi connectivity index (χ2n) is 6.51. The van der Waals surface area contributed by atoms with E-state index in [2.05, 4.69) is 30.0 Å². The molecule has 1 aliphatic heterocycles.